The quantitative estimate of drug-likeness (QED) is 0.767. The summed E-state index contributed by atoms with van der Waals surface area (Å²) in [5, 5.41) is 3.52. The second-order valence-corrected chi connectivity index (χ2v) is 5.04. The van der Waals surface area contributed by atoms with E-state index < -0.39 is 0 Å². The van der Waals surface area contributed by atoms with Gasteiger partial charge in [0, 0.05) is 25.0 Å². The Morgan fingerprint density at radius 3 is 3.06 bits per heavy atom. The van der Waals surface area contributed by atoms with Gasteiger partial charge in [-0.1, -0.05) is 20.3 Å². The van der Waals surface area contributed by atoms with Crippen molar-refractivity contribution in [1.29, 1.82) is 0 Å². The van der Waals surface area contributed by atoms with Gasteiger partial charge in [-0.25, -0.2) is 4.98 Å². The molecule has 0 spiro atoms. The maximum absolute atomic E-state index is 4.43. The summed E-state index contributed by atoms with van der Waals surface area (Å²) in [5.41, 5.74) is 0. The van der Waals surface area contributed by atoms with E-state index >= 15 is 0 Å². The maximum atomic E-state index is 4.43. The minimum atomic E-state index is 0.749. The fraction of sp³-hybridized carbons (Fsp3) is 0.769. The number of imidazole rings is 1. The Morgan fingerprint density at radius 2 is 2.38 bits per heavy atom. The van der Waals surface area contributed by atoms with Crippen molar-refractivity contribution in [1.82, 2.24) is 14.9 Å². The van der Waals surface area contributed by atoms with E-state index in [1.165, 1.54) is 31.5 Å². The molecule has 1 aromatic rings. The van der Waals surface area contributed by atoms with Gasteiger partial charge in [-0.2, -0.15) is 0 Å². The van der Waals surface area contributed by atoms with E-state index in [1.807, 2.05) is 6.20 Å². The Balaban J connectivity index is 1.84. The number of nitrogens with zero attached hydrogens (tertiary/aromatic N) is 2. The van der Waals surface area contributed by atoms with Crippen LogP contribution in [0.5, 0.6) is 0 Å². The molecule has 0 aliphatic heterocycles. The molecule has 90 valence electrons. The summed E-state index contributed by atoms with van der Waals surface area (Å²) in [6, 6.07) is 0.762. The van der Waals surface area contributed by atoms with Gasteiger partial charge >= 0.3 is 0 Å². The van der Waals surface area contributed by atoms with Gasteiger partial charge in [0.15, 0.2) is 0 Å². The molecule has 0 aromatic carbocycles. The van der Waals surface area contributed by atoms with Crippen LogP contribution in [0.15, 0.2) is 12.4 Å². The van der Waals surface area contributed by atoms with Crippen molar-refractivity contribution in [3.8, 4) is 0 Å². The third-order valence-electron chi connectivity index (χ3n) is 3.22. The molecule has 1 heterocycles. The van der Waals surface area contributed by atoms with Crippen LogP contribution < -0.4 is 5.32 Å². The van der Waals surface area contributed by atoms with Gasteiger partial charge in [0.2, 0.25) is 0 Å². The Bertz CT molecular complexity index is 315. The normalized spacial score (nSPS) is 17.6. The molecular weight excluding hydrogens is 198 g/mol. The van der Waals surface area contributed by atoms with Crippen LogP contribution >= 0.6 is 0 Å². The Labute approximate surface area is 98.3 Å². The van der Waals surface area contributed by atoms with Crippen molar-refractivity contribution in [2.45, 2.75) is 58.7 Å². The van der Waals surface area contributed by atoms with Crippen LogP contribution in [0.4, 0.5) is 0 Å². The smallest absolute Gasteiger partial charge is 0.122 e. The first kappa shape index (κ1) is 11.6. The first-order valence-electron chi connectivity index (χ1n) is 6.53. The standard InChI is InChI=1S/C13H23N3/c1-3-4-11(2)10-16-8-7-14-13(16)9-15-12-5-6-12/h7-8,11-12,15H,3-6,9-10H2,1-2H3. The third-order valence-corrected chi connectivity index (χ3v) is 3.22. The molecule has 1 aliphatic rings. The molecule has 1 unspecified atom stereocenters. The van der Waals surface area contributed by atoms with Crippen LogP contribution in [0, 0.1) is 5.92 Å². The Hall–Kier alpha value is -0.830. The van der Waals surface area contributed by atoms with E-state index in [2.05, 4.69) is 34.9 Å². The average molecular weight is 221 g/mol. The van der Waals surface area contributed by atoms with Crippen molar-refractivity contribution in [3.63, 3.8) is 0 Å². The lowest BCUT2D eigenvalue weighted by atomic mass is 10.1. The maximum Gasteiger partial charge on any atom is 0.122 e. The SMILES string of the molecule is CCCC(C)Cn1ccnc1CNC1CC1. The number of rotatable bonds is 7. The average Bonchev–Trinajstić information content (AvgIpc) is 2.98. The number of hydrogen-bond acceptors (Lipinski definition) is 2. The monoisotopic (exact) mass is 221 g/mol. The zero-order chi connectivity index (χ0) is 11.4. The second kappa shape index (κ2) is 5.48. The lowest BCUT2D eigenvalue weighted by molar-refractivity contribution is 0.432. The summed E-state index contributed by atoms with van der Waals surface area (Å²) in [7, 11) is 0. The van der Waals surface area contributed by atoms with E-state index in [0.717, 1.165) is 25.0 Å². The molecule has 0 saturated heterocycles. The van der Waals surface area contributed by atoms with Crippen LogP contribution in [-0.4, -0.2) is 15.6 Å². The van der Waals surface area contributed by atoms with Gasteiger partial charge in [-0.15, -0.1) is 0 Å². The van der Waals surface area contributed by atoms with Crippen LogP contribution in [0.2, 0.25) is 0 Å². The summed E-state index contributed by atoms with van der Waals surface area (Å²) < 4.78 is 2.30. The summed E-state index contributed by atoms with van der Waals surface area (Å²) in [6.45, 7) is 6.60. The predicted molar refractivity (Wildman–Crippen MR) is 66.2 cm³/mol. The van der Waals surface area contributed by atoms with Crippen molar-refractivity contribution in [2.75, 3.05) is 0 Å². The van der Waals surface area contributed by atoms with Crippen LogP contribution in [0.25, 0.3) is 0 Å². The molecule has 3 nitrogen and oxygen atoms in total. The molecule has 0 radical (unpaired) electrons. The Morgan fingerprint density at radius 1 is 1.56 bits per heavy atom. The second-order valence-electron chi connectivity index (χ2n) is 5.04. The number of nitrogens with one attached hydrogen (secondary N) is 1. The fourth-order valence-electron chi connectivity index (χ4n) is 2.12. The van der Waals surface area contributed by atoms with E-state index in [9.17, 15) is 0 Å². The van der Waals surface area contributed by atoms with E-state index in [4.69, 9.17) is 0 Å². The van der Waals surface area contributed by atoms with Crippen LogP contribution in [-0.2, 0) is 13.1 Å². The largest absolute Gasteiger partial charge is 0.334 e. The lowest BCUT2D eigenvalue weighted by Gasteiger charge is -2.13. The van der Waals surface area contributed by atoms with Crippen molar-refractivity contribution < 1.29 is 0 Å². The third kappa shape index (κ3) is 3.34. The molecule has 1 fully saturated rings. The number of aromatic nitrogens is 2. The topological polar surface area (TPSA) is 29.9 Å². The van der Waals surface area contributed by atoms with E-state index in [-0.39, 0.29) is 0 Å². The van der Waals surface area contributed by atoms with Gasteiger partial charge in [0.25, 0.3) is 0 Å². The summed E-state index contributed by atoms with van der Waals surface area (Å²) in [5.74, 6) is 1.94. The molecule has 2 rings (SSSR count). The summed E-state index contributed by atoms with van der Waals surface area (Å²) >= 11 is 0. The molecule has 0 bridgehead atoms. The number of hydrogen-bond donors (Lipinski definition) is 1. The molecule has 16 heavy (non-hydrogen) atoms. The minimum Gasteiger partial charge on any atom is -0.334 e. The van der Waals surface area contributed by atoms with Crippen molar-refractivity contribution in [2.24, 2.45) is 5.92 Å². The highest BCUT2D eigenvalue weighted by atomic mass is 15.1. The van der Waals surface area contributed by atoms with Gasteiger partial charge in [0.05, 0.1) is 6.54 Å². The highest BCUT2D eigenvalue weighted by Gasteiger charge is 2.20. The molecule has 1 aromatic heterocycles. The molecule has 3 heteroatoms. The zero-order valence-electron chi connectivity index (χ0n) is 10.4. The fourth-order valence-corrected chi connectivity index (χ4v) is 2.12. The predicted octanol–water partition coefficient (Wildman–Crippen LogP) is 2.57. The molecule has 1 N–H and O–H groups in total. The highest BCUT2D eigenvalue weighted by molar-refractivity contribution is 4.94. The lowest BCUT2D eigenvalue weighted by Crippen LogP contribution is -2.20. The van der Waals surface area contributed by atoms with Crippen LogP contribution in [0.3, 0.4) is 0 Å². The molecule has 0 amide bonds. The van der Waals surface area contributed by atoms with E-state index in [1.54, 1.807) is 0 Å². The highest BCUT2D eigenvalue weighted by Crippen LogP contribution is 2.19. The van der Waals surface area contributed by atoms with Crippen molar-refractivity contribution >= 4 is 0 Å². The molecular formula is C13H23N3. The first-order chi connectivity index (χ1) is 7.79. The van der Waals surface area contributed by atoms with Gasteiger partial charge in [-0.3, -0.25) is 0 Å². The first-order valence-corrected chi connectivity index (χ1v) is 6.53. The summed E-state index contributed by atoms with van der Waals surface area (Å²) in [6.07, 6.45) is 9.28. The molecule has 1 saturated carbocycles. The van der Waals surface area contributed by atoms with Gasteiger partial charge in [-0.05, 0) is 25.2 Å². The Kier molecular flexibility index (Phi) is 3.99. The van der Waals surface area contributed by atoms with Crippen LogP contribution in [0.1, 0.15) is 45.4 Å². The summed E-state index contributed by atoms with van der Waals surface area (Å²) in [4.78, 5) is 4.43. The minimum absolute atomic E-state index is 0.749. The van der Waals surface area contributed by atoms with Crippen molar-refractivity contribution in [3.05, 3.63) is 18.2 Å². The van der Waals surface area contributed by atoms with E-state index in [0.29, 0.717) is 0 Å². The zero-order valence-corrected chi connectivity index (χ0v) is 10.4. The molecule has 1 aliphatic carbocycles. The van der Waals surface area contributed by atoms with Gasteiger partial charge in [0.1, 0.15) is 5.82 Å². The molecule has 1 atom stereocenters. The van der Waals surface area contributed by atoms with Gasteiger partial charge < -0.3 is 9.88 Å².